The molecule has 0 spiro atoms. The first kappa shape index (κ1) is 22.9. The van der Waals surface area contributed by atoms with Gasteiger partial charge in [-0.1, -0.05) is 25.3 Å². The predicted molar refractivity (Wildman–Crippen MR) is 137 cm³/mol. The van der Waals surface area contributed by atoms with E-state index in [2.05, 4.69) is 32.2 Å². The minimum absolute atomic E-state index is 0.196. The first-order valence-corrected chi connectivity index (χ1v) is 13.4. The lowest BCUT2D eigenvalue weighted by Crippen LogP contribution is -2.41. The highest BCUT2D eigenvalue weighted by Crippen LogP contribution is 2.33. The van der Waals surface area contributed by atoms with E-state index in [0.717, 1.165) is 34.8 Å². The molecule has 0 N–H and O–H groups in total. The maximum Gasteiger partial charge on any atom is 0.229 e. The molecule has 0 aliphatic heterocycles. The fourth-order valence-electron chi connectivity index (χ4n) is 4.73. The van der Waals surface area contributed by atoms with E-state index in [-0.39, 0.29) is 5.91 Å². The van der Waals surface area contributed by atoms with Gasteiger partial charge in [-0.25, -0.2) is 4.98 Å². The molecule has 0 radical (unpaired) electrons. The number of nitrogens with zero attached hydrogens (tertiary/aromatic N) is 3. The molecule has 0 atom stereocenters. The summed E-state index contributed by atoms with van der Waals surface area (Å²) in [6.07, 6.45) is 8.28. The van der Waals surface area contributed by atoms with Crippen molar-refractivity contribution in [2.45, 2.75) is 51.1 Å². The minimum atomic E-state index is 0.196. The van der Waals surface area contributed by atoms with Gasteiger partial charge in [-0.05, 0) is 42.5 Å². The van der Waals surface area contributed by atoms with Crippen LogP contribution in [0.3, 0.4) is 0 Å². The van der Waals surface area contributed by atoms with Crippen molar-refractivity contribution < 1.29 is 14.3 Å². The van der Waals surface area contributed by atoms with Crippen LogP contribution in [0.25, 0.3) is 16.2 Å². The lowest BCUT2D eigenvalue weighted by Gasteiger charge is -2.34. The highest BCUT2D eigenvalue weighted by molar-refractivity contribution is 7.15. The van der Waals surface area contributed by atoms with Crippen LogP contribution in [-0.4, -0.2) is 40.5 Å². The third-order valence-corrected chi connectivity index (χ3v) is 8.29. The number of hydrogen-bond acceptors (Lipinski definition) is 6. The van der Waals surface area contributed by atoms with Crippen LogP contribution in [0.2, 0.25) is 0 Å². The SMILES string of the molecule is COc1ccc(-c2cn3c(CC(=O)N(Cc4cccs4)C4CCCCC4)csc3n2)cc1OC. The van der Waals surface area contributed by atoms with Crippen molar-refractivity contribution in [3.05, 3.63) is 57.9 Å². The number of benzene rings is 1. The molecule has 1 fully saturated rings. The zero-order valence-corrected chi connectivity index (χ0v) is 21.2. The predicted octanol–water partition coefficient (Wildman–Crippen LogP) is 6.05. The summed E-state index contributed by atoms with van der Waals surface area (Å²) >= 11 is 3.29. The molecule has 1 aromatic carbocycles. The van der Waals surface area contributed by atoms with Crippen molar-refractivity contribution in [1.82, 2.24) is 14.3 Å². The van der Waals surface area contributed by atoms with Crippen molar-refractivity contribution in [3.63, 3.8) is 0 Å². The van der Waals surface area contributed by atoms with Crippen molar-refractivity contribution in [3.8, 4) is 22.8 Å². The molecule has 1 aliphatic rings. The molecular formula is C26H29N3O3S2. The van der Waals surface area contributed by atoms with Crippen molar-refractivity contribution in [2.24, 2.45) is 0 Å². The Bertz CT molecular complexity index is 1260. The molecule has 3 aromatic heterocycles. The molecular weight excluding hydrogens is 466 g/mol. The van der Waals surface area contributed by atoms with Gasteiger partial charge in [0.1, 0.15) is 0 Å². The number of methoxy groups -OCH3 is 2. The number of carbonyl (C=O) groups is 1. The van der Waals surface area contributed by atoms with Gasteiger partial charge < -0.3 is 14.4 Å². The Labute approximate surface area is 207 Å². The number of thiazole rings is 1. The quantitative estimate of drug-likeness (QED) is 0.299. The number of rotatable bonds is 8. The van der Waals surface area contributed by atoms with Gasteiger partial charge in [0.15, 0.2) is 16.5 Å². The van der Waals surface area contributed by atoms with Gasteiger partial charge in [0.2, 0.25) is 5.91 Å². The van der Waals surface area contributed by atoms with Gasteiger partial charge in [0.25, 0.3) is 0 Å². The Balaban J connectivity index is 1.39. The third kappa shape index (κ3) is 4.70. The maximum atomic E-state index is 13.6. The molecule has 5 rings (SSSR count). The molecule has 0 bridgehead atoms. The van der Waals surface area contributed by atoms with E-state index < -0.39 is 0 Å². The van der Waals surface area contributed by atoms with Crippen LogP contribution in [-0.2, 0) is 17.8 Å². The average Bonchev–Trinajstić information content (AvgIpc) is 3.62. The Morgan fingerprint density at radius 2 is 1.94 bits per heavy atom. The normalized spacial score (nSPS) is 14.4. The standard InChI is InChI=1S/C26H29N3O3S2/c1-31-23-11-10-18(13-24(23)32-2)22-16-29-20(17-34-26(29)27-22)14-25(30)28(15-21-9-6-12-33-21)19-7-4-3-5-8-19/h6,9-13,16-17,19H,3-5,7-8,14-15H2,1-2H3. The Morgan fingerprint density at radius 1 is 1.12 bits per heavy atom. The number of carbonyl (C=O) groups excluding carboxylic acids is 1. The van der Waals surface area contributed by atoms with Gasteiger partial charge >= 0.3 is 0 Å². The molecule has 178 valence electrons. The monoisotopic (exact) mass is 495 g/mol. The number of thiophene rings is 1. The zero-order valence-electron chi connectivity index (χ0n) is 19.5. The Morgan fingerprint density at radius 3 is 2.68 bits per heavy atom. The molecule has 0 unspecified atom stereocenters. The second-order valence-corrected chi connectivity index (χ2v) is 10.5. The van der Waals surface area contributed by atoms with Gasteiger partial charge in [-0.2, -0.15) is 0 Å². The van der Waals surface area contributed by atoms with E-state index in [4.69, 9.17) is 14.5 Å². The van der Waals surface area contributed by atoms with Crippen molar-refractivity contribution >= 4 is 33.5 Å². The fraction of sp³-hybridized carbons (Fsp3) is 0.385. The number of fused-ring (bicyclic) bond motifs is 1. The van der Waals surface area contributed by atoms with Crippen LogP contribution in [0, 0.1) is 0 Å². The summed E-state index contributed by atoms with van der Waals surface area (Å²) in [6, 6.07) is 10.3. The van der Waals surface area contributed by atoms with E-state index in [1.54, 1.807) is 36.9 Å². The second-order valence-electron chi connectivity index (χ2n) is 8.65. The molecule has 34 heavy (non-hydrogen) atoms. The molecule has 3 heterocycles. The average molecular weight is 496 g/mol. The lowest BCUT2D eigenvalue weighted by molar-refractivity contribution is -0.134. The fourth-order valence-corrected chi connectivity index (χ4v) is 6.31. The molecule has 1 amide bonds. The van der Waals surface area contributed by atoms with Gasteiger partial charge in [0.05, 0.1) is 32.9 Å². The summed E-state index contributed by atoms with van der Waals surface area (Å²) in [7, 11) is 3.26. The van der Waals surface area contributed by atoms with Gasteiger partial charge in [-0.15, -0.1) is 22.7 Å². The number of hydrogen-bond donors (Lipinski definition) is 0. The second kappa shape index (κ2) is 10.2. The smallest absolute Gasteiger partial charge is 0.229 e. The number of amides is 1. The van der Waals surface area contributed by atoms with Crippen LogP contribution >= 0.6 is 22.7 Å². The third-order valence-electron chi connectivity index (χ3n) is 6.54. The first-order valence-electron chi connectivity index (χ1n) is 11.7. The van der Waals surface area contributed by atoms with Crippen LogP contribution in [0.15, 0.2) is 47.3 Å². The number of ether oxygens (including phenoxy) is 2. The summed E-state index contributed by atoms with van der Waals surface area (Å²) in [4.78, 5) is 22.6. The molecule has 1 saturated carbocycles. The zero-order chi connectivity index (χ0) is 23.5. The maximum absolute atomic E-state index is 13.6. The molecule has 6 nitrogen and oxygen atoms in total. The molecule has 4 aromatic rings. The van der Waals surface area contributed by atoms with Crippen LogP contribution < -0.4 is 9.47 Å². The van der Waals surface area contributed by atoms with Crippen molar-refractivity contribution in [1.29, 1.82) is 0 Å². The van der Waals surface area contributed by atoms with E-state index in [1.807, 2.05) is 24.4 Å². The Kier molecular flexibility index (Phi) is 6.87. The highest BCUT2D eigenvalue weighted by Gasteiger charge is 2.27. The summed E-state index contributed by atoms with van der Waals surface area (Å²) in [6.45, 7) is 0.704. The van der Waals surface area contributed by atoms with Gasteiger partial charge in [0, 0.05) is 33.8 Å². The van der Waals surface area contributed by atoms with Crippen LogP contribution in [0.4, 0.5) is 0 Å². The summed E-state index contributed by atoms with van der Waals surface area (Å²) < 4.78 is 12.9. The van der Waals surface area contributed by atoms with Crippen LogP contribution in [0.5, 0.6) is 11.5 Å². The summed E-state index contributed by atoms with van der Waals surface area (Å²) in [5.74, 6) is 1.55. The number of aromatic nitrogens is 2. The van der Waals surface area contributed by atoms with Crippen LogP contribution in [0.1, 0.15) is 42.7 Å². The largest absolute Gasteiger partial charge is 0.493 e. The van der Waals surface area contributed by atoms with Gasteiger partial charge in [-0.3, -0.25) is 9.20 Å². The summed E-state index contributed by atoms with van der Waals surface area (Å²) in [5.41, 5.74) is 2.78. The van der Waals surface area contributed by atoms with E-state index in [9.17, 15) is 4.79 Å². The molecule has 1 aliphatic carbocycles. The van der Waals surface area contributed by atoms with E-state index in [1.165, 1.54) is 24.1 Å². The number of imidazole rings is 1. The molecule has 0 saturated heterocycles. The topological polar surface area (TPSA) is 56.1 Å². The first-order chi connectivity index (χ1) is 16.7. The summed E-state index contributed by atoms with van der Waals surface area (Å²) in [5, 5.41) is 4.14. The minimum Gasteiger partial charge on any atom is -0.493 e. The lowest BCUT2D eigenvalue weighted by atomic mass is 9.94. The van der Waals surface area contributed by atoms with Crippen molar-refractivity contribution in [2.75, 3.05) is 14.2 Å². The molecule has 8 heteroatoms. The Hall–Kier alpha value is -2.84. The highest BCUT2D eigenvalue weighted by atomic mass is 32.1. The van der Waals surface area contributed by atoms with E-state index >= 15 is 0 Å². The van der Waals surface area contributed by atoms with E-state index in [0.29, 0.717) is 30.5 Å².